The molecule has 0 aliphatic carbocycles. The molecule has 0 radical (unpaired) electrons. The Bertz CT molecular complexity index is 695. The molecule has 0 amide bonds. The maximum atomic E-state index is 9.75. The normalized spacial score (nSPS) is 15.6. The Morgan fingerprint density at radius 3 is 2.64 bits per heavy atom. The van der Waals surface area contributed by atoms with E-state index < -0.39 is 0 Å². The molecule has 0 bridgehead atoms. The molecule has 3 rings (SSSR count). The first-order valence-corrected chi connectivity index (χ1v) is 8.87. The highest BCUT2D eigenvalue weighted by atomic mass is 16.5. The number of nitrogens with one attached hydrogen (secondary N) is 1. The van der Waals surface area contributed by atoms with Crippen molar-refractivity contribution in [2.75, 3.05) is 32.8 Å². The van der Waals surface area contributed by atoms with Crippen molar-refractivity contribution in [1.29, 1.82) is 0 Å². The van der Waals surface area contributed by atoms with Gasteiger partial charge in [0.2, 0.25) is 0 Å². The summed E-state index contributed by atoms with van der Waals surface area (Å²) in [6.07, 6.45) is 1.84. The molecule has 1 aliphatic rings. The van der Waals surface area contributed by atoms with Crippen LogP contribution >= 0.6 is 0 Å². The summed E-state index contributed by atoms with van der Waals surface area (Å²) in [6.45, 7) is 7.59. The van der Waals surface area contributed by atoms with Crippen molar-refractivity contribution in [2.24, 2.45) is 5.10 Å². The lowest BCUT2D eigenvalue weighted by Crippen LogP contribution is -3.13. The predicted molar refractivity (Wildman–Crippen MR) is 99.3 cm³/mol. The van der Waals surface area contributed by atoms with E-state index in [9.17, 15) is 5.11 Å². The molecular formula is C20H26N3O2+. The summed E-state index contributed by atoms with van der Waals surface area (Å²) in [6, 6.07) is 16.0. The van der Waals surface area contributed by atoms with E-state index in [0.717, 1.165) is 38.3 Å². The van der Waals surface area contributed by atoms with E-state index >= 15 is 0 Å². The molecule has 5 heteroatoms. The highest BCUT2D eigenvalue weighted by molar-refractivity contribution is 5.80. The number of hydrogen-bond donors (Lipinski definition) is 2. The quantitative estimate of drug-likeness (QED) is 0.784. The van der Waals surface area contributed by atoms with Crippen LogP contribution in [0.2, 0.25) is 0 Å². The molecule has 0 unspecified atom stereocenters. The van der Waals surface area contributed by atoms with Crippen LogP contribution in [0.5, 0.6) is 11.5 Å². The Hall–Kier alpha value is -2.53. The first-order valence-electron chi connectivity index (χ1n) is 8.87. The van der Waals surface area contributed by atoms with Gasteiger partial charge in [0.1, 0.15) is 6.54 Å². The average molecular weight is 340 g/mol. The smallest absolute Gasteiger partial charge is 0.161 e. The third kappa shape index (κ3) is 4.97. The van der Waals surface area contributed by atoms with E-state index in [0.29, 0.717) is 12.4 Å². The molecule has 5 nitrogen and oxygen atoms in total. The minimum absolute atomic E-state index is 0.164. The van der Waals surface area contributed by atoms with Gasteiger partial charge in [-0.25, -0.2) is 0 Å². The number of benzene rings is 2. The molecule has 0 saturated carbocycles. The Labute approximate surface area is 149 Å². The van der Waals surface area contributed by atoms with Crippen LogP contribution in [-0.2, 0) is 6.54 Å². The van der Waals surface area contributed by atoms with Crippen LogP contribution in [-0.4, -0.2) is 49.1 Å². The van der Waals surface area contributed by atoms with E-state index in [-0.39, 0.29) is 5.75 Å². The first-order chi connectivity index (χ1) is 12.2. The fourth-order valence-electron chi connectivity index (χ4n) is 3.02. The van der Waals surface area contributed by atoms with Crippen LogP contribution < -0.4 is 9.64 Å². The molecule has 0 atom stereocenters. The maximum absolute atomic E-state index is 9.75. The number of phenols is 1. The lowest BCUT2D eigenvalue weighted by molar-refractivity contribution is -0.918. The number of quaternary nitrogens is 1. The number of hydrazone groups is 1. The zero-order valence-corrected chi connectivity index (χ0v) is 14.7. The van der Waals surface area contributed by atoms with Gasteiger partial charge in [0.15, 0.2) is 11.5 Å². The van der Waals surface area contributed by atoms with Crippen molar-refractivity contribution in [2.45, 2.75) is 13.5 Å². The predicted octanol–water partition coefficient (Wildman–Crippen LogP) is 1.53. The second kappa shape index (κ2) is 8.53. The van der Waals surface area contributed by atoms with Crippen LogP contribution in [0.4, 0.5) is 0 Å². The molecule has 0 aromatic heterocycles. The van der Waals surface area contributed by atoms with Gasteiger partial charge in [0.05, 0.1) is 39.0 Å². The number of ether oxygens (including phenoxy) is 1. The van der Waals surface area contributed by atoms with Crippen LogP contribution in [0.3, 0.4) is 0 Å². The Morgan fingerprint density at radius 1 is 1.16 bits per heavy atom. The third-order valence-electron chi connectivity index (χ3n) is 4.40. The van der Waals surface area contributed by atoms with Gasteiger partial charge in [0, 0.05) is 5.56 Å². The number of aromatic hydroxyl groups is 1. The van der Waals surface area contributed by atoms with Crippen molar-refractivity contribution >= 4 is 6.21 Å². The van der Waals surface area contributed by atoms with Gasteiger partial charge >= 0.3 is 0 Å². The van der Waals surface area contributed by atoms with Crippen LogP contribution in [0, 0.1) is 0 Å². The largest absolute Gasteiger partial charge is 0.504 e. The molecular weight excluding hydrogens is 314 g/mol. The lowest BCUT2D eigenvalue weighted by atomic mass is 10.2. The number of piperazine rings is 1. The second-order valence-electron chi connectivity index (χ2n) is 6.27. The molecule has 1 aliphatic heterocycles. The van der Waals surface area contributed by atoms with Crippen molar-refractivity contribution in [3.63, 3.8) is 0 Å². The third-order valence-corrected chi connectivity index (χ3v) is 4.40. The van der Waals surface area contributed by atoms with Gasteiger partial charge in [-0.3, -0.25) is 5.01 Å². The van der Waals surface area contributed by atoms with E-state index in [4.69, 9.17) is 4.74 Å². The van der Waals surface area contributed by atoms with Crippen molar-refractivity contribution in [3.05, 3.63) is 59.7 Å². The zero-order valence-electron chi connectivity index (χ0n) is 14.7. The topological polar surface area (TPSA) is 49.5 Å². The summed E-state index contributed by atoms with van der Waals surface area (Å²) in [5.74, 6) is 0.667. The molecule has 1 saturated heterocycles. The Morgan fingerprint density at radius 2 is 1.92 bits per heavy atom. The van der Waals surface area contributed by atoms with Crippen LogP contribution in [0.25, 0.3) is 0 Å². The fraction of sp³-hybridized carbons (Fsp3) is 0.350. The van der Waals surface area contributed by atoms with Gasteiger partial charge < -0.3 is 14.7 Å². The molecule has 1 fully saturated rings. The monoisotopic (exact) mass is 340 g/mol. The van der Waals surface area contributed by atoms with E-state index in [1.54, 1.807) is 11.0 Å². The number of hydrogen-bond acceptors (Lipinski definition) is 4. The van der Waals surface area contributed by atoms with Crippen LogP contribution in [0.15, 0.2) is 53.6 Å². The number of nitrogens with zero attached hydrogens (tertiary/aromatic N) is 2. The summed E-state index contributed by atoms with van der Waals surface area (Å²) < 4.78 is 5.41. The van der Waals surface area contributed by atoms with E-state index in [1.165, 1.54) is 5.56 Å². The summed E-state index contributed by atoms with van der Waals surface area (Å²) in [5.41, 5.74) is 2.32. The number of rotatable bonds is 6. The van der Waals surface area contributed by atoms with E-state index in [1.807, 2.05) is 25.3 Å². The number of phenolic OH excluding ortho intramolecular Hbond substituents is 1. The van der Waals surface area contributed by atoms with Gasteiger partial charge in [-0.1, -0.05) is 30.3 Å². The Balaban J connectivity index is 1.52. The van der Waals surface area contributed by atoms with Gasteiger partial charge in [-0.05, 0) is 30.7 Å². The summed E-state index contributed by atoms with van der Waals surface area (Å²) >= 11 is 0. The lowest BCUT2D eigenvalue weighted by Gasteiger charge is -2.30. The molecule has 25 heavy (non-hydrogen) atoms. The SMILES string of the molecule is CCOc1cc(C=NN2CC[NH+](Cc3ccccc3)CC2)ccc1O. The maximum Gasteiger partial charge on any atom is 0.161 e. The zero-order chi connectivity index (χ0) is 17.5. The molecule has 0 spiro atoms. The Kier molecular flexibility index (Phi) is 5.90. The van der Waals surface area contributed by atoms with Gasteiger partial charge in [0.25, 0.3) is 0 Å². The summed E-state index contributed by atoms with van der Waals surface area (Å²) in [4.78, 5) is 1.60. The fourth-order valence-corrected chi connectivity index (χ4v) is 3.02. The molecule has 2 aromatic carbocycles. The van der Waals surface area contributed by atoms with Crippen LogP contribution in [0.1, 0.15) is 18.1 Å². The van der Waals surface area contributed by atoms with Gasteiger partial charge in [-0.2, -0.15) is 5.10 Å². The molecule has 132 valence electrons. The van der Waals surface area contributed by atoms with Crippen molar-refractivity contribution < 1.29 is 14.7 Å². The average Bonchev–Trinajstić information content (AvgIpc) is 2.65. The van der Waals surface area contributed by atoms with Crippen molar-refractivity contribution in [1.82, 2.24) is 5.01 Å². The molecule has 1 heterocycles. The molecule has 2 aromatic rings. The standard InChI is InChI=1S/C20H25N3O2/c1-2-25-20-14-18(8-9-19(20)24)15-21-23-12-10-22(11-13-23)16-17-6-4-3-5-7-17/h3-9,14-15,24H,2,10-13,16H2,1H3/p+1. The highest BCUT2D eigenvalue weighted by Gasteiger charge is 2.18. The summed E-state index contributed by atoms with van der Waals surface area (Å²) in [7, 11) is 0. The first kappa shape index (κ1) is 17.3. The minimum atomic E-state index is 0.164. The highest BCUT2D eigenvalue weighted by Crippen LogP contribution is 2.26. The minimum Gasteiger partial charge on any atom is -0.504 e. The van der Waals surface area contributed by atoms with Gasteiger partial charge in [-0.15, -0.1) is 0 Å². The van der Waals surface area contributed by atoms with E-state index in [2.05, 4.69) is 40.4 Å². The van der Waals surface area contributed by atoms with Crippen molar-refractivity contribution in [3.8, 4) is 11.5 Å². The summed E-state index contributed by atoms with van der Waals surface area (Å²) in [5, 5.41) is 16.4. The second-order valence-corrected chi connectivity index (χ2v) is 6.27. The molecule has 2 N–H and O–H groups in total.